The van der Waals surface area contributed by atoms with E-state index in [9.17, 15) is 4.79 Å². The van der Waals surface area contributed by atoms with Crippen LogP contribution in [0.15, 0.2) is 79.1 Å². The van der Waals surface area contributed by atoms with Gasteiger partial charge >= 0.3 is 0 Å². The highest BCUT2D eigenvalue weighted by molar-refractivity contribution is 6.00. The molecule has 1 aliphatic heterocycles. The summed E-state index contributed by atoms with van der Waals surface area (Å²) in [6.45, 7) is 0.458. The highest BCUT2D eigenvalue weighted by Crippen LogP contribution is 2.43. The first-order valence-electron chi connectivity index (χ1n) is 9.74. The van der Waals surface area contributed by atoms with Crippen LogP contribution in [-0.2, 0) is 6.54 Å². The number of pyridine rings is 1. The standard InChI is InChI=1S/C24H20N4O2/c1-30-19-11-9-18(10-12-19)23-20-21(17-7-3-2-4-8-17)26-27-22(20)24(29)28(23)15-16-6-5-13-25-14-16/h2-14,23H,15H2,1H3,(H,26,27). The zero-order valence-electron chi connectivity index (χ0n) is 16.4. The van der Waals surface area contributed by atoms with Crippen LogP contribution in [0.1, 0.15) is 33.2 Å². The number of H-pyrrole nitrogens is 1. The van der Waals surface area contributed by atoms with Crippen molar-refractivity contribution in [2.45, 2.75) is 12.6 Å². The first-order valence-corrected chi connectivity index (χ1v) is 9.74. The Morgan fingerprint density at radius 3 is 2.53 bits per heavy atom. The minimum Gasteiger partial charge on any atom is -0.497 e. The lowest BCUT2D eigenvalue weighted by molar-refractivity contribution is 0.0730. The second-order valence-corrected chi connectivity index (χ2v) is 7.20. The van der Waals surface area contributed by atoms with Crippen molar-refractivity contribution < 1.29 is 9.53 Å². The van der Waals surface area contributed by atoms with Crippen LogP contribution in [0.5, 0.6) is 5.75 Å². The molecule has 4 aromatic rings. The number of nitrogens with one attached hydrogen (secondary N) is 1. The first-order chi connectivity index (χ1) is 14.8. The fourth-order valence-electron chi connectivity index (χ4n) is 4.00. The SMILES string of the molecule is COc1ccc(C2c3c(-c4ccccc4)n[nH]c3C(=O)N2Cc2cccnc2)cc1. The molecule has 1 atom stereocenters. The zero-order valence-corrected chi connectivity index (χ0v) is 16.4. The summed E-state index contributed by atoms with van der Waals surface area (Å²) in [5.74, 6) is 0.710. The number of amides is 1. The Labute approximate surface area is 174 Å². The van der Waals surface area contributed by atoms with Crippen molar-refractivity contribution in [3.63, 3.8) is 0 Å². The van der Waals surface area contributed by atoms with Crippen molar-refractivity contribution in [2.75, 3.05) is 7.11 Å². The van der Waals surface area contributed by atoms with E-state index in [0.717, 1.165) is 33.7 Å². The van der Waals surface area contributed by atoms with Crippen LogP contribution < -0.4 is 4.74 Å². The van der Waals surface area contributed by atoms with Crippen LogP contribution in [0.4, 0.5) is 0 Å². The molecular weight excluding hydrogens is 376 g/mol. The van der Waals surface area contributed by atoms with Gasteiger partial charge in [-0.3, -0.25) is 14.9 Å². The molecule has 0 saturated heterocycles. The number of carbonyl (C=O) groups excluding carboxylic acids is 1. The summed E-state index contributed by atoms with van der Waals surface area (Å²) >= 11 is 0. The molecular formula is C24H20N4O2. The number of hydrogen-bond donors (Lipinski definition) is 1. The molecule has 6 heteroatoms. The Balaban J connectivity index is 1.64. The predicted molar refractivity (Wildman–Crippen MR) is 113 cm³/mol. The molecule has 1 N–H and O–H groups in total. The number of carbonyl (C=O) groups is 1. The molecule has 1 amide bonds. The van der Waals surface area contributed by atoms with Crippen molar-refractivity contribution in [1.29, 1.82) is 0 Å². The van der Waals surface area contributed by atoms with Gasteiger partial charge in [0.15, 0.2) is 0 Å². The van der Waals surface area contributed by atoms with Gasteiger partial charge in [-0.25, -0.2) is 0 Å². The smallest absolute Gasteiger partial charge is 0.273 e. The average molecular weight is 396 g/mol. The number of aromatic amines is 1. The Morgan fingerprint density at radius 2 is 1.83 bits per heavy atom. The van der Waals surface area contributed by atoms with Crippen LogP contribution in [0.3, 0.4) is 0 Å². The van der Waals surface area contributed by atoms with Gasteiger partial charge in [0.1, 0.15) is 11.4 Å². The third-order valence-corrected chi connectivity index (χ3v) is 5.42. The van der Waals surface area contributed by atoms with Crippen LogP contribution >= 0.6 is 0 Å². The van der Waals surface area contributed by atoms with Gasteiger partial charge < -0.3 is 9.64 Å². The average Bonchev–Trinajstić information content (AvgIpc) is 3.35. The molecule has 2 aromatic carbocycles. The molecule has 5 rings (SSSR count). The third kappa shape index (κ3) is 3.03. The van der Waals surface area contributed by atoms with Crippen LogP contribution in [0.2, 0.25) is 0 Å². The fraction of sp³-hybridized carbons (Fsp3) is 0.125. The van der Waals surface area contributed by atoms with Crippen molar-refractivity contribution >= 4 is 5.91 Å². The van der Waals surface area contributed by atoms with E-state index >= 15 is 0 Å². The molecule has 2 aromatic heterocycles. The van der Waals surface area contributed by atoms with E-state index in [4.69, 9.17) is 4.74 Å². The van der Waals surface area contributed by atoms with Gasteiger partial charge in [0.05, 0.1) is 18.8 Å². The summed E-state index contributed by atoms with van der Waals surface area (Å²) in [4.78, 5) is 19.4. The minimum atomic E-state index is -0.257. The van der Waals surface area contributed by atoms with Gasteiger partial charge in [0.25, 0.3) is 5.91 Å². The molecule has 0 radical (unpaired) electrons. The second-order valence-electron chi connectivity index (χ2n) is 7.20. The lowest BCUT2D eigenvalue weighted by Gasteiger charge is -2.26. The molecule has 0 spiro atoms. The van der Waals surface area contributed by atoms with E-state index in [2.05, 4.69) is 15.2 Å². The van der Waals surface area contributed by atoms with E-state index in [1.165, 1.54) is 0 Å². The van der Waals surface area contributed by atoms with Crippen molar-refractivity contribution in [3.8, 4) is 17.0 Å². The number of methoxy groups -OCH3 is 1. The number of rotatable bonds is 5. The summed E-state index contributed by atoms with van der Waals surface area (Å²) in [5, 5.41) is 7.49. The lowest BCUT2D eigenvalue weighted by Crippen LogP contribution is -2.29. The maximum Gasteiger partial charge on any atom is 0.273 e. The van der Waals surface area contributed by atoms with Gasteiger partial charge in [0.2, 0.25) is 0 Å². The molecule has 1 unspecified atom stereocenters. The molecule has 0 aliphatic carbocycles. The molecule has 30 heavy (non-hydrogen) atoms. The van der Waals surface area contributed by atoms with E-state index in [1.54, 1.807) is 19.5 Å². The normalized spacial score (nSPS) is 15.3. The first kappa shape index (κ1) is 18.1. The predicted octanol–water partition coefficient (Wildman–Crippen LogP) is 4.23. The number of nitrogens with zero attached hydrogens (tertiary/aromatic N) is 3. The number of benzene rings is 2. The molecule has 0 bridgehead atoms. The van der Waals surface area contributed by atoms with E-state index in [-0.39, 0.29) is 11.9 Å². The zero-order chi connectivity index (χ0) is 20.5. The van der Waals surface area contributed by atoms with E-state index in [0.29, 0.717) is 12.2 Å². The Bertz CT molecular complexity index is 1170. The maximum atomic E-state index is 13.4. The van der Waals surface area contributed by atoms with Gasteiger partial charge in [-0.1, -0.05) is 48.5 Å². The fourth-order valence-corrected chi connectivity index (χ4v) is 4.00. The number of ether oxygens (including phenoxy) is 1. The number of hydrogen-bond acceptors (Lipinski definition) is 4. The summed E-state index contributed by atoms with van der Waals surface area (Å²) in [6.07, 6.45) is 3.53. The molecule has 1 aliphatic rings. The van der Waals surface area contributed by atoms with Crippen molar-refractivity contribution in [3.05, 3.63) is 102 Å². The summed E-state index contributed by atoms with van der Waals surface area (Å²) in [7, 11) is 1.64. The molecule has 148 valence electrons. The summed E-state index contributed by atoms with van der Waals surface area (Å²) < 4.78 is 5.32. The van der Waals surface area contributed by atoms with Gasteiger partial charge in [-0.15, -0.1) is 0 Å². The lowest BCUT2D eigenvalue weighted by atomic mass is 9.96. The maximum absolute atomic E-state index is 13.4. The van der Waals surface area contributed by atoms with Crippen molar-refractivity contribution in [1.82, 2.24) is 20.1 Å². The molecule has 3 heterocycles. The largest absolute Gasteiger partial charge is 0.497 e. The van der Waals surface area contributed by atoms with Crippen LogP contribution in [-0.4, -0.2) is 33.1 Å². The van der Waals surface area contributed by atoms with E-state index in [1.807, 2.05) is 71.6 Å². The highest BCUT2D eigenvalue weighted by Gasteiger charge is 2.42. The number of aromatic nitrogens is 3. The van der Waals surface area contributed by atoms with Gasteiger partial charge in [-0.05, 0) is 29.3 Å². The Kier molecular flexibility index (Phi) is 4.52. The van der Waals surface area contributed by atoms with Gasteiger partial charge in [-0.2, -0.15) is 5.10 Å². The number of fused-ring (bicyclic) bond motifs is 1. The third-order valence-electron chi connectivity index (χ3n) is 5.42. The monoisotopic (exact) mass is 396 g/mol. The topological polar surface area (TPSA) is 71.1 Å². The van der Waals surface area contributed by atoms with Gasteiger partial charge in [0, 0.05) is 30.1 Å². The molecule has 6 nitrogen and oxygen atoms in total. The summed E-state index contributed by atoms with van der Waals surface area (Å²) in [6, 6.07) is 21.4. The summed E-state index contributed by atoms with van der Waals surface area (Å²) in [5.41, 5.74) is 5.20. The van der Waals surface area contributed by atoms with Crippen LogP contribution in [0.25, 0.3) is 11.3 Å². The molecule has 0 saturated carbocycles. The quantitative estimate of drug-likeness (QED) is 0.548. The second kappa shape index (κ2) is 7.48. The Hall–Kier alpha value is -3.93. The van der Waals surface area contributed by atoms with Crippen LogP contribution in [0, 0.1) is 0 Å². The highest BCUT2D eigenvalue weighted by atomic mass is 16.5. The van der Waals surface area contributed by atoms with Crippen molar-refractivity contribution in [2.24, 2.45) is 0 Å². The molecule has 0 fully saturated rings. The van der Waals surface area contributed by atoms with E-state index < -0.39 is 0 Å². The minimum absolute atomic E-state index is 0.0654. The Morgan fingerprint density at radius 1 is 1.03 bits per heavy atom.